The third kappa shape index (κ3) is 3.42. The van der Waals surface area contributed by atoms with Crippen molar-refractivity contribution in [2.24, 2.45) is 5.92 Å². The van der Waals surface area contributed by atoms with Crippen LogP contribution in [0.15, 0.2) is 24.5 Å². The molecular formula is C15H14Cl2N5O2+. The number of nitrogens with one attached hydrogen (secondary N) is 3. The van der Waals surface area contributed by atoms with E-state index in [1.165, 1.54) is 6.33 Å². The fraction of sp³-hybridized carbons (Fsp3) is 0.200. The molecule has 1 amide bonds. The SMILES string of the molecule is CC(C)C(=O)Nc1nc2nc[nH]c2c(Oc2cc(Cl)ccc2Cl)[nH+]1. The van der Waals surface area contributed by atoms with E-state index < -0.39 is 0 Å². The maximum absolute atomic E-state index is 11.9. The first-order chi connectivity index (χ1) is 11.4. The van der Waals surface area contributed by atoms with Crippen molar-refractivity contribution < 1.29 is 14.5 Å². The Bertz CT molecular complexity index is 910. The summed E-state index contributed by atoms with van der Waals surface area (Å²) in [6, 6.07) is 4.88. The highest BCUT2D eigenvalue weighted by Crippen LogP contribution is 2.32. The van der Waals surface area contributed by atoms with Crippen LogP contribution in [0.25, 0.3) is 11.2 Å². The highest BCUT2D eigenvalue weighted by atomic mass is 35.5. The lowest BCUT2D eigenvalue weighted by Crippen LogP contribution is -2.25. The molecule has 7 nitrogen and oxygen atoms in total. The van der Waals surface area contributed by atoms with Gasteiger partial charge in [0, 0.05) is 17.0 Å². The quantitative estimate of drug-likeness (QED) is 0.738. The molecule has 0 saturated carbocycles. The van der Waals surface area contributed by atoms with Crippen molar-refractivity contribution in [2.75, 3.05) is 5.32 Å². The number of rotatable bonds is 4. The van der Waals surface area contributed by atoms with Crippen LogP contribution in [0, 0.1) is 5.92 Å². The zero-order chi connectivity index (χ0) is 17.3. The summed E-state index contributed by atoms with van der Waals surface area (Å²) in [5.74, 6) is 0.521. The normalized spacial score (nSPS) is 11.0. The highest BCUT2D eigenvalue weighted by molar-refractivity contribution is 6.34. The molecule has 0 atom stereocenters. The number of carbonyl (C=O) groups is 1. The minimum Gasteiger partial charge on any atom is -0.426 e. The van der Waals surface area contributed by atoms with Gasteiger partial charge in [0.15, 0.2) is 11.3 Å². The number of benzene rings is 1. The van der Waals surface area contributed by atoms with Crippen LogP contribution in [0.2, 0.25) is 10.0 Å². The van der Waals surface area contributed by atoms with Gasteiger partial charge in [-0.15, -0.1) is 0 Å². The molecule has 3 N–H and O–H groups in total. The molecule has 0 aliphatic carbocycles. The van der Waals surface area contributed by atoms with E-state index in [9.17, 15) is 4.79 Å². The van der Waals surface area contributed by atoms with Gasteiger partial charge in [0.25, 0.3) is 17.4 Å². The molecule has 0 bridgehead atoms. The third-order valence-corrected chi connectivity index (χ3v) is 3.71. The average Bonchev–Trinajstić information content (AvgIpc) is 2.99. The summed E-state index contributed by atoms with van der Waals surface area (Å²) in [6.45, 7) is 3.57. The van der Waals surface area contributed by atoms with Crippen molar-refractivity contribution >= 4 is 46.2 Å². The van der Waals surface area contributed by atoms with Gasteiger partial charge in [0.05, 0.1) is 11.3 Å². The Labute approximate surface area is 147 Å². The van der Waals surface area contributed by atoms with Crippen molar-refractivity contribution in [1.29, 1.82) is 0 Å². The van der Waals surface area contributed by atoms with Gasteiger partial charge in [-0.1, -0.05) is 37.0 Å². The Morgan fingerprint density at radius 1 is 1.38 bits per heavy atom. The second kappa shape index (κ2) is 6.62. The Balaban J connectivity index is 2.01. The standard InChI is InChI=1S/C15H13Cl2N5O2/c1-7(2)13(23)21-15-20-12-11(18-6-19-12)14(22-15)24-10-5-8(16)3-4-9(10)17/h3-7H,1-2H3,(H2,18,19,20,21,22,23)/p+1. The lowest BCUT2D eigenvalue weighted by molar-refractivity contribution is -0.376. The topological polar surface area (TPSA) is 94.0 Å². The molecule has 0 aliphatic heterocycles. The average molecular weight is 367 g/mol. The molecule has 24 heavy (non-hydrogen) atoms. The lowest BCUT2D eigenvalue weighted by Gasteiger charge is -2.07. The Kier molecular flexibility index (Phi) is 4.55. The summed E-state index contributed by atoms with van der Waals surface area (Å²) in [7, 11) is 0. The van der Waals surface area contributed by atoms with E-state index in [0.29, 0.717) is 32.8 Å². The van der Waals surface area contributed by atoms with Gasteiger partial charge in [-0.3, -0.25) is 4.79 Å². The number of halogens is 2. The Morgan fingerprint density at radius 3 is 2.92 bits per heavy atom. The van der Waals surface area contributed by atoms with Crippen LogP contribution in [0.5, 0.6) is 11.6 Å². The summed E-state index contributed by atoms with van der Waals surface area (Å²) >= 11 is 12.1. The zero-order valence-electron chi connectivity index (χ0n) is 12.9. The van der Waals surface area contributed by atoms with Crippen molar-refractivity contribution in [3.8, 4) is 11.6 Å². The van der Waals surface area contributed by atoms with Crippen LogP contribution in [0.1, 0.15) is 13.8 Å². The number of aromatic amines is 2. The van der Waals surface area contributed by atoms with E-state index in [1.807, 2.05) is 0 Å². The summed E-state index contributed by atoms with van der Waals surface area (Å²) in [6.07, 6.45) is 1.48. The van der Waals surface area contributed by atoms with Crippen LogP contribution in [0.4, 0.5) is 5.95 Å². The number of aromatic nitrogens is 4. The molecule has 0 fully saturated rings. The molecule has 0 saturated heterocycles. The number of nitrogens with zero attached hydrogens (tertiary/aromatic N) is 2. The smallest absolute Gasteiger partial charge is 0.401 e. The zero-order valence-corrected chi connectivity index (χ0v) is 14.4. The van der Waals surface area contributed by atoms with E-state index in [0.717, 1.165) is 0 Å². The molecule has 0 spiro atoms. The first-order valence-corrected chi connectivity index (χ1v) is 7.90. The molecule has 1 aromatic carbocycles. The molecule has 2 heterocycles. The molecule has 3 aromatic rings. The first-order valence-electron chi connectivity index (χ1n) is 7.14. The van der Waals surface area contributed by atoms with Gasteiger partial charge in [-0.05, 0) is 17.1 Å². The van der Waals surface area contributed by atoms with Crippen LogP contribution in [-0.4, -0.2) is 20.9 Å². The maximum atomic E-state index is 11.9. The number of anilines is 1. The van der Waals surface area contributed by atoms with Gasteiger partial charge < -0.3 is 9.72 Å². The molecule has 2 aromatic heterocycles. The van der Waals surface area contributed by atoms with E-state index in [-0.39, 0.29) is 17.8 Å². The minimum atomic E-state index is -0.193. The lowest BCUT2D eigenvalue weighted by atomic mass is 10.2. The largest absolute Gasteiger partial charge is 0.426 e. The number of amides is 1. The number of fused-ring (bicyclic) bond motifs is 1. The van der Waals surface area contributed by atoms with E-state index in [2.05, 4.69) is 25.3 Å². The predicted octanol–water partition coefficient (Wildman–Crippen LogP) is 3.47. The van der Waals surface area contributed by atoms with Gasteiger partial charge in [-0.25, -0.2) is 15.3 Å². The second-order valence-electron chi connectivity index (χ2n) is 5.34. The number of imidazole rings is 1. The van der Waals surface area contributed by atoms with Crippen LogP contribution in [-0.2, 0) is 4.79 Å². The number of carbonyl (C=O) groups excluding carboxylic acids is 1. The fourth-order valence-corrected chi connectivity index (χ4v) is 2.22. The monoisotopic (exact) mass is 366 g/mol. The van der Waals surface area contributed by atoms with Crippen molar-refractivity contribution in [2.45, 2.75) is 13.8 Å². The third-order valence-electron chi connectivity index (χ3n) is 3.17. The van der Waals surface area contributed by atoms with Crippen molar-refractivity contribution in [3.63, 3.8) is 0 Å². The fourth-order valence-electron chi connectivity index (χ4n) is 1.90. The van der Waals surface area contributed by atoms with Crippen LogP contribution >= 0.6 is 23.2 Å². The molecule has 3 rings (SSSR count). The summed E-state index contributed by atoms with van der Waals surface area (Å²) in [4.78, 5) is 26.0. The number of hydrogen-bond acceptors (Lipinski definition) is 4. The number of hydrogen-bond donors (Lipinski definition) is 2. The van der Waals surface area contributed by atoms with E-state index >= 15 is 0 Å². The maximum Gasteiger partial charge on any atom is 0.401 e. The molecular weight excluding hydrogens is 353 g/mol. The van der Waals surface area contributed by atoms with E-state index in [1.54, 1.807) is 32.0 Å². The van der Waals surface area contributed by atoms with Crippen molar-refractivity contribution in [3.05, 3.63) is 34.6 Å². The van der Waals surface area contributed by atoms with Gasteiger partial charge in [0.2, 0.25) is 0 Å². The van der Waals surface area contributed by atoms with Gasteiger partial charge in [-0.2, -0.15) is 0 Å². The number of ether oxygens (including phenoxy) is 1. The van der Waals surface area contributed by atoms with Gasteiger partial charge >= 0.3 is 5.95 Å². The van der Waals surface area contributed by atoms with Crippen molar-refractivity contribution in [1.82, 2.24) is 15.0 Å². The summed E-state index contributed by atoms with van der Waals surface area (Å²) < 4.78 is 5.81. The Hall–Kier alpha value is -2.38. The minimum absolute atomic E-state index is 0.180. The molecule has 124 valence electrons. The second-order valence-corrected chi connectivity index (χ2v) is 6.18. The molecule has 0 aliphatic rings. The van der Waals surface area contributed by atoms with E-state index in [4.69, 9.17) is 27.9 Å². The first kappa shape index (κ1) is 16.5. The molecule has 0 radical (unpaired) electrons. The summed E-state index contributed by atoms with van der Waals surface area (Å²) in [5, 5.41) is 3.55. The summed E-state index contributed by atoms with van der Waals surface area (Å²) in [5.41, 5.74) is 0.926. The highest BCUT2D eigenvalue weighted by Gasteiger charge is 2.21. The molecule has 0 unspecified atom stereocenters. The molecule has 9 heteroatoms. The predicted molar refractivity (Wildman–Crippen MR) is 90.4 cm³/mol. The number of H-pyrrole nitrogens is 2. The van der Waals surface area contributed by atoms with Crippen LogP contribution < -0.4 is 15.0 Å². The van der Waals surface area contributed by atoms with Gasteiger partial charge in [0.1, 0.15) is 0 Å². The van der Waals surface area contributed by atoms with Crippen LogP contribution in [0.3, 0.4) is 0 Å². The Morgan fingerprint density at radius 2 is 2.17 bits per heavy atom.